The Bertz CT molecular complexity index is 1010. The largest absolute Gasteiger partial charge is 0.497 e. The lowest BCUT2D eigenvalue weighted by Gasteiger charge is -2.19. The van der Waals surface area contributed by atoms with Crippen LogP contribution in [0.5, 0.6) is 23.1 Å². The van der Waals surface area contributed by atoms with Crippen molar-refractivity contribution in [1.29, 1.82) is 0 Å². The fourth-order valence-corrected chi connectivity index (χ4v) is 2.89. The molecule has 0 amide bonds. The van der Waals surface area contributed by atoms with E-state index < -0.39 is 0 Å². The van der Waals surface area contributed by atoms with E-state index >= 15 is 0 Å². The minimum atomic E-state index is -0.223. The van der Waals surface area contributed by atoms with Crippen LogP contribution in [0.4, 0.5) is 0 Å². The first-order valence-electron chi connectivity index (χ1n) is 7.81. The third kappa shape index (κ3) is 2.61. The van der Waals surface area contributed by atoms with Crippen molar-refractivity contribution in [3.05, 3.63) is 63.9 Å². The number of para-hydroxylation sites is 1. The molecular formula is C19H16N2O4. The molecule has 1 aliphatic heterocycles. The smallest absolute Gasteiger partial charge is 0.258 e. The number of nitrogens with one attached hydrogen (secondary N) is 1. The first-order valence-corrected chi connectivity index (χ1v) is 7.81. The Kier molecular flexibility index (Phi) is 3.65. The van der Waals surface area contributed by atoms with Gasteiger partial charge < -0.3 is 19.2 Å². The summed E-state index contributed by atoms with van der Waals surface area (Å²) in [5.41, 5.74) is 1.89. The van der Waals surface area contributed by atoms with E-state index in [0.29, 0.717) is 40.8 Å². The predicted octanol–water partition coefficient (Wildman–Crippen LogP) is 3.15. The average Bonchev–Trinajstić information content (AvgIpc) is 2.66. The summed E-state index contributed by atoms with van der Waals surface area (Å²) in [5.74, 6) is 2.64. The van der Waals surface area contributed by atoms with Gasteiger partial charge in [-0.1, -0.05) is 18.2 Å². The van der Waals surface area contributed by atoms with E-state index in [1.165, 1.54) is 0 Å². The zero-order chi connectivity index (χ0) is 17.4. The Balaban J connectivity index is 1.85. The van der Waals surface area contributed by atoms with Crippen molar-refractivity contribution in [3.63, 3.8) is 0 Å². The molecule has 6 nitrogen and oxygen atoms in total. The molecule has 0 aliphatic carbocycles. The maximum Gasteiger partial charge on any atom is 0.258 e. The molecule has 3 aromatic rings. The third-order valence-electron chi connectivity index (χ3n) is 4.19. The Morgan fingerprint density at radius 1 is 1.12 bits per heavy atom. The van der Waals surface area contributed by atoms with Crippen molar-refractivity contribution in [2.75, 3.05) is 14.2 Å². The quantitative estimate of drug-likeness (QED) is 0.622. The SMILES string of the molecule is COc1ccc(OC)c(-c2nc3c(c(=O)[nH]2)Cc2ccccc2O3)c1. The number of hydrogen-bond donors (Lipinski definition) is 1. The van der Waals surface area contributed by atoms with Crippen molar-refractivity contribution >= 4 is 0 Å². The van der Waals surface area contributed by atoms with Gasteiger partial charge in [-0.05, 0) is 29.8 Å². The number of fused-ring (bicyclic) bond motifs is 2. The molecule has 1 aromatic heterocycles. The highest BCUT2D eigenvalue weighted by Crippen LogP contribution is 2.36. The van der Waals surface area contributed by atoms with Crippen LogP contribution in [0.1, 0.15) is 11.1 Å². The van der Waals surface area contributed by atoms with Gasteiger partial charge in [0, 0.05) is 6.42 Å². The molecule has 0 radical (unpaired) electrons. The highest BCUT2D eigenvalue weighted by molar-refractivity contribution is 5.67. The van der Waals surface area contributed by atoms with E-state index in [9.17, 15) is 4.79 Å². The fourth-order valence-electron chi connectivity index (χ4n) is 2.89. The van der Waals surface area contributed by atoms with Gasteiger partial charge >= 0.3 is 0 Å². The molecule has 0 unspecified atom stereocenters. The first-order chi connectivity index (χ1) is 12.2. The average molecular weight is 336 g/mol. The lowest BCUT2D eigenvalue weighted by molar-refractivity contribution is 0.404. The molecule has 0 spiro atoms. The number of aromatic amines is 1. The molecule has 0 atom stereocenters. The van der Waals surface area contributed by atoms with Crippen LogP contribution in [0.2, 0.25) is 0 Å². The summed E-state index contributed by atoms with van der Waals surface area (Å²) in [6.45, 7) is 0. The molecule has 1 aliphatic rings. The molecule has 1 N–H and O–H groups in total. The number of methoxy groups -OCH3 is 2. The molecule has 4 rings (SSSR count). The van der Waals surface area contributed by atoms with Crippen molar-refractivity contribution < 1.29 is 14.2 Å². The number of nitrogens with zero attached hydrogens (tertiary/aromatic N) is 1. The van der Waals surface area contributed by atoms with Gasteiger partial charge in [0.1, 0.15) is 23.1 Å². The number of rotatable bonds is 3. The summed E-state index contributed by atoms with van der Waals surface area (Å²) in [5, 5.41) is 0. The standard InChI is InChI=1S/C19H16N2O4/c1-23-12-7-8-16(24-2)13(10-12)17-20-18(22)14-9-11-5-3-4-6-15(11)25-19(14)21-17/h3-8,10H,9H2,1-2H3,(H,20,21,22). The van der Waals surface area contributed by atoms with Crippen molar-refractivity contribution in [1.82, 2.24) is 9.97 Å². The van der Waals surface area contributed by atoms with Gasteiger partial charge in [0.15, 0.2) is 0 Å². The highest BCUT2D eigenvalue weighted by atomic mass is 16.5. The zero-order valence-electron chi connectivity index (χ0n) is 13.8. The molecule has 0 bridgehead atoms. The minimum absolute atomic E-state index is 0.223. The van der Waals surface area contributed by atoms with Gasteiger partial charge in [0.05, 0.1) is 25.3 Å². The maximum atomic E-state index is 12.6. The predicted molar refractivity (Wildman–Crippen MR) is 92.7 cm³/mol. The molecule has 0 fully saturated rings. The summed E-state index contributed by atoms with van der Waals surface area (Å²) in [6, 6.07) is 12.9. The maximum absolute atomic E-state index is 12.6. The highest BCUT2D eigenvalue weighted by Gasteiger charge is 2.23. The summed E-state index contributed by atoms with van der Waals surface area (Å²) in [4.78, 5) is 19.9. The van der Waals surface area contributed by atoms with Crippen LogP contribution >= 0.6 is 0 Å². The van der Waals surface area contributed by atoms with Gasteiger partial charge in [-0.15, -0.1) is 0 Å². The number of H-pyrrole nitrogens is 1. The third-order valence-corrected chi connectivity index (χ3v) is 4.19. The lowest BCUT2D eigenvalue weighted by atomic mass is 10.0. The molecule has 2 aromatic carbocycles. The number of ether oxygens (including phenoxy) is 3. The van der Waals surface area contributed by atoms with E-state index in [-0.39, 0.29) is 5.56 Å². The second-order valence-corrected chi connectivity index (χ2v) is 5.65. The Labute approximate surface area is 144 Å². The summed E-state index contributed by atoms with van der Waals surface area (Å²) in [7, 11) is 3.14. The monoisotopic (exact) mass is 336 g/mol. The lowest BCUT2D eigenvalue weighted by Crippen LogP contribution is -2.20. The van der Waals surface area contributed by atoms with Crippen LogP contribution in [0, 0.1) is 0 Å². The Morgan fingerprint density at radius 2 is 1.96 bits per heavy atom. The van der Waals surface area contributed by atoms with Crippen LogP contribution in [-0.2, 0) is 6.42 Å². The van der Waals surface area contributed by atoms with Gasteiger partial charge in [-0.3, -0.25) is 4.79 Å². The Morgan fingerprint density at radius 3 is 2.76 bits per heavy atom. The molecule has 0 saturated carbocycles. The zero-order valence-corrected chi connectivity index (χ0v) is 13.8. The van der Waals surface area contributed by atoms with E-state index in [1.807, 2.05) is 24.3 Å². The van der Waals surface area contributed by atoms with E-state index in [1.54, 1.807) is 32.4 Å². The summed E-state index contributed by atoms with van der Waals surface area (Å²) < 4.78 is 16.5. The molecule has 126 valence electrons. The van der Waals surface area contributed by atoms with Crippen LogP contribution in [0.15, 0.2) is 47.3 Å². The molecule has 6 heteroatoms. The summed E-state index contributed by atoms with van der Waals surface area (Å²) in [6.07, 6.45) is 0.489. The van der Waals surface area contributed by atoms with E-state index in [0.717, 1.165) is 11.3 Å². The van der Waals surface area contributed by atoms with Crippen molar-refractivity contribution in [2.24, 2.45) is 0 Å². The molecule has 0 saturated heterocycles. The second kappa shape index (κ2) is 5.98. The van der Waals surface area contributed by atoms with Gasteiger partial charge in [-0.2, -0.15) is 4.98 Å². The second-order valence-electron chi connectivity index (χ2n) is 5.65. The summed E-state index contributed by atoms with van der Waals surface area (Å²) >= 11 is 0. The van der Waals surface area contributed by atoms with Gasteiger partial charge in [0.2, 0.25) is 5.88 Å². The van der Waals surface area contributed by atoms with E-state index in [2.05, 4.69) is 9.97 Å². The van der Waals surface area contributed by atoms with Crippen LogP contribution in [-0.4, -0.2) is 24.2 Å². The topological polar surface area (TPSA) is 73.4 Å². The van der Waals surface area contributed by atoms with Crippen molar-refractivity contribution in [2.45, 2.75) is 6.42 Å². The van der Waals surface area contributed by atoms with Crippen LogP contribution in [0.25, 0.3) is 11.4 Å². The first kappa shape index (κ1) is 15.3. The van der Waals surface area contributed by atoms with E-state index in [4.69, 9.17) is 14.2 Å². The van der Waals surface area contributed by atoms with Gasteiger partial charge in [0.25, 0.3) is 5.56 Å². The van der Waals surface area contributed by atoms with Crippen molar-refractivity contribution in [3.8, 4) is 34.5 Å². The Hall–Kier alpha value is -3.28. The number of benzene rings is 2. The van der Waals surface area contributed by atoms with Crippen LogP contribution in [0.3, 0.4) is 0 Å². The molecule has 25 heavy (non-hydrogen) atoms. The fraction of sp³-hybridized carbons (Fsp3) is 0.158. The van der Waals surface area contributed by atoms with Crippen LogP contribution < -0.4 is 19.8 Å². The minimum Gasteiger partial charge on any atom is -0.497 e. The molecule has 2 heterocycles. The molecular weight excluding hydrogens is 320 g/mol. The van der Waals surface area contributed by atoms with Gasteiger partial charge in [-0.25, -0.2) is 0 Å². The normalized spacial score (nSPS) is 11.9. The number of hydrogen-bond acceptors (Lipinski definition) is 5. The number of aromatic nitrogens is 2.